The highest BCUT2D eigenvalue weighted by Crippen LogP contribution is 2.30. The smallest absolute Gasteiger partial charge is 0.309 e. The van der Waals surface area contributed by atoms with Gasteiger partial charge in [-0.3, -0.25) is 0 Å². The lowest BCUT2D eigenvalue weighted by atomic mass is 10.0. The van der Waals surface area contributed by atoms with E-state index in [-0.39, 0.29) is 0 Å². The Morgan fingerprint density at radius 3 is 2.45 bits per heavy atom. The van der Waals surface area contributed by atoms with Gasteiger partial charge in [-0.1, -0.05) is 29.8 Å². The fraction of sp³-hybridized carbons (Fsp3) is 0.136. The van der Waals surface area contributed by atoms with Gasteiger partial charge in [0.15, 0.2) is 0 Å². The molecular weight excluding hydrogens is 417 g/mol. The summed E-state index contributed by atoms with van der Waals surface area (Å²) in [6, 6.07) is 14.9. The van der Waals surface area contributed by atoms with Crippen molar-refractivity contribution < 1.29 is 13.2 Å². The van der Waals surface area contributed by atoms with E-state index in [0.717, 1.165) is 45.4 Å². The molecule has 0 aliphatic heterocycles. The number of hydrogen-bond donors (Lipinski definition) is 1. The molecule has 0 atom stereocenters. The zero-order chi connectivity index (χ0) is 20.4. The van der Waals surface area contributed by atoms with E-state index in [2.05, 4.69) is 11.4 Å². The van der Waals surface area contributed by atoms with Crippen molar-refractivity contribution >= 4 is 33.8 Å². The molecule has 0 spiro atoms. The quantitative estimate of drug-likeness (QED) is 0.370. The molecule has 0 unspecified atom stereocenters. The first-order chi connectivity index (χ1) is 13.9. The third-order valence-electron chi connectivity index (χ3n) is 4.58. The van der Waals surface area contributed by atoms with Crippen molar-refractivity contribution in [3.05, 3.63) is 87.1 Å². The van der Waals surface area contributed by atoms with Gasteiger partial charge in [-0.25, -0.2) is 4.98 Å². The summed E-state index contributed by atoms with van der Waals surface area (Å²) in [5, 5.41) is 8.97. The number of halogens is 4. The van der Waals surface area contributed by atoms with Gasteiger partial charge in [-0.15, -0.1) is 0 Å². The van der Waals surface area contributed by atoms with E-state index in [1.165, 1.54) is 12.1 Å². The van der Waals surface area contributed by atoms with Crippen LogP contribution in [0.5, 0.6) is 0 Å². The molecule has 0 saturated heterocycles. The average molecular weight is 433 g/mol. The number of fused-ring (bicyclic) bond motifs is 1. The molecule has 2 nitrogen and oxygen atoms in total. The summed E-state index contributed by atoms with van der Waals surface area (Å²) in [7, 11) is 0. The van der Waals surface area contributed by atoms with Gasteiger partial charge in [0.1, 0.15) is 0 Å². The molecule has 7 heteroatoms. The second-order valence-corrected chi connectivity index (χ2v) is 7.86. The van der Waals surface area contributed by atoms with E-state index in [1.807, 2.05) is 35.0 Å². The lowest BCUT2D eigenvalue weighted by Crippen LogP contribution is -2.14. The van der Waals surface area contributed by atoms with Gasteiger partial charge in [0.05, 0.1) is 16.8 Å². The molecule has 148 valence electrons. The van der Waals surface area contributed by atoms with Crippen LogP contribution < -0.4 is 5.32 Å². The monoisotopic (exact) mass is 432 g/mol. The number of alkyl halides is 3. The van der Waals surface area contributed by atoms with Crippen LogP contribution in [-0.2, 0) is 19.3 Å². The largest absolute Gasteiger partial charge is 0.416 e. The number of nitrogens with one attached hydrogen (secondary N) is 1. The van der Waals surface area contributed by atoms with Gasteiger partial charge in [0, 0.05) is 34.4 Å². The van der Waals surface area contributed by atoms with Crippen LogP contribution in [0.25, 0.3) is 22.2 Å². The van der Waals surface area contributed by atoms with Crippen LogP contribution in [0.1, 0.15) is 16.7 Å². The minimum Gasteiger partial charge on any atom is -0.309 e. The molecule has 2 heterocycles. The second-order valence-electron chi connectivity index (χ2n) is 6.64. The number of hydrogen-bond acceptors (Lipinski definition) is 3. The molecular formula is C22H16ClF3N2S. The van der Waals surface area contributed by atoms with Gasteiger partial charge in [0.2, 0.25) is 0 Å². The second kappa shape index (κ2) is 8.14. The Hall–Kier alpha value is -2.41. The highest BCUT2D eigenvalue weighted by molar-refractivity contribution is 7.08. The van der Waals surface area contributed by atoms with Crippen LogP contribution in [0.15, 0.2) is 65.4 Å². The van der Waals surface area contributed by atoms with Crippen LogP contribution >= 0.6 is 22.9 Å². The number of aromatic nitrogens is 1. The van der Waals surface area contributed by atoms with Crippen molar-refractivity contribution in [3.63, 3.8) is 0 Å². The van der Waals surface area contributed by atoms with Gasteiger partial charge in [-0.05, 0) is 52.9 Å². The van der Waals surface area contributed by atoms with Crippen LogP contribution in [0, 0.1) is 0 Å². The molecule has 0 aliphatic carbocycles. The van der Waals surface area contributed by atoms with E-state index in [4.69, 9.17) is 16.6 Å². The predicted molar refractivity (Wildman–Crippen MR) is 112 cm³/mol. The Balaban J connectivity index is 1.55. The summed E-state index contributed by atoms with van der Waals surface area (Å²) in [6.45, 7) is 0.998. The third-order valence-corrected chi connectivity index (χ3v) is 5.50. The summed E-state index contributed by atoms with van der Waals surface area (Å²) < 4.78 is 38.1. The number of benzene rings is 2. The highest BCUT2D eigenvalue weighted by Gasteiger charge is 2.29. The first-order valence-electron chi connectivity index (χ1n) is 8.89. The summed E-state index contributed by atoms with van der Waals surface area (Å²) in [5.41, 5.74) is 3.90. The van der Waals surface area contributed by atoms with Crippen LogP contribution in [0.4, 0.5) is 13.2 Å². The van der Waals surface area contributed by atoms with Gasteiger partial charge in [-0.2, -0.15) is 24.5 Å². The van der Waals surface area contributed by atoms with E-state index in [0.29, 0.717) is 18.1 Å². The van der Waals surface area contributed by atoms with Crippen LogP contribution in [-0.4, -0.2) is 4.98 Å². The molecule has 2 aromatic heterocycles. The first-order valence-corrected chi connectivity index (χ1v) is 10.2. The maximum atomic E-state index is 12.7. The van der Waals surface area contributed by atoms with Gasteiger partial charge < -0.3 is 5.32 Å². The maximum Gasteiger partial charge on any atom is 0.416 e. The zero-order valence-corrected chi connectivity index (χ0v) is 16.7. The fourth-order valence-electron chi connectivity index (χ4n) is 3.12. The minimum atomic E-state index is -4.32. The lowest BCUT2D eigenvalue weighted by molar-refractivity contribution is -0.137. The van der Waals surface area contributed by atoms with Crippen molar-refractivity contribution in [2.75, 3.05) is 0 Å². The van der Waals surface area contributed by atoms with Crippen molar-refractivity contribution in [2.45, 2.75) is 19.3 Å². The number of thiophene rings is 1. The maximum absolute atomic E-state index is 12.7. The topological polar surface area (TPSA) is 24.9 Å². The summed E-state index contributed by atoms with van der Waals surface area (Å²) >= 11 is 7.70. The Labute approximate surface area is 175 Å². The van der Waals surface area contributed by atoms with Gasteiger partial charge in [0.25, 0.3) is 0 Å². The molecule has 2 aromatic carbocycles. The van der Waals surface area contributed by atoms with Crippen LogP contribution in [0.3, 0.4) is 0 Å². The molecule has 29 heavy (non-hydrogen) atoms. The normalized spacial score (nSPS) is 11.9. The van der Waals surface area contributed by atoms with Crippen molar-refractivity contribution in [2.24, 2.45) is 0 Å². The SMILES string of the molecule is FC(F)(F)c1ccc(CNCc2cc3ccc(Cl)cc3nc2-c2ccsc2)cc1. The van der Waals surface area contributed by atoms with Crippen molar-refractivity contribution in [1.29, 1.82) is 0 Å². The molecule has 0 aliphatic rings. The van der Waals surface area contributed by atoms with Crippen LogP contribution in [0.2, 0.25) is 5.02 Å². The summed E-state index contributed by atoms with van der Waals surface area (Å²) in [4.78, 5) is 4.80. The molecule has 0 saturated carbocycles. The third kappa shape index (κ3) is 4.61. The Morgan fingerprint density at radius 2 is 1.76 bits per heavy atom. The average Bonchev–Trinajstić information content (AvgIpc) is 3.22. The zero-order valence-electron chi connectivity index (χ0n) is 15.1. The molecule has 0 amide bonds. The number of pyridine rings is 1. The minimum absolute atomic E-state index is 0.458. The standard InChI is InChI=1S/C22H16ClF3N2S/c23-19-6-3-15-9-17(21(28-20(15)10-19)16-7-8-29-13-16)12-27-11-14-1-4-18(5-2-14)22(24,25)26/h1-10,13,27H,11-12H2. The van der Waals surface area contributed by atoms with E-state index in [1.54, 1.807) is 11.3 Å². The van der Waals surface area contributed by atoms with Crippen molar-refractivity contribution in [3.8, 4) is 11.3 Å². The molecule has 1 N–H and O–H groups in total. The Kier molecular flexibility index (Phi) is 5.58. The molecule has 0 fully saturated rings. The van der Waals surface area contributed by atoms with Crippen molar-refractivity contribution in [1.82, 2.24) is 10.3 Å². The fourth-order valence-corrected chi connectivity index (χ4v) is 3.93. The predicted octanol–water partition coefficient (Wildman–Crippen LogP) is 6.93. The summed E-state index contributed by atoms with van der Waals surface area (Å²) in [6.07, 6.45) is -4.32. The van der Waals surface area contributed by atoms with E-state index < -0.39 is 11.7 Å². The Bertz CT molecular complexity index is 1120. The van der Waals surface area contributed by atoms with Gasteiger partial charge >= 0.3 is 6.18 Å². The number of nitrogens with zero attached hydrogens (tertiary/aromatic N) is 1. The molecule has 4 aromatic rings. The number of rotatable bonds is 5. The molecule has 0 bridgehead atoms. The highest BCUT2D eigenvalue weighted by atomic mass is 35.5. The summed E-state index contributed by atoms with van der Waals surface area (Å²) in [5.74, 6) is 0. The first kappa shape index (κ1) is 19.9. The Morgan fingerprint density at radius 1 is 0.966 bits per heavy atom. The molecule has 0 radical (unpaired) electrons. The molecule has 4 rings (SSSR count). The lowest BCUT2D eigenvalue weighted by Gasteiger charge is -2.12. The van der Waals surface area contributed by atoms with E-state index >= 15 is 0 Å². The van der Waals surface area contributed by atoms with E-state index in [9.17, 15) is 13.2 Å².